The van der Waals surface area contributed by atoms with Crippen LogP contribution in [0, 0.1) is 11.7 Å². The zero-order valence-electron chi connectivity index (χ0n) is 8.25. The van der Waals surface area contributed by atoms with Gasteiger partial charge in [0.25, 0.3) is 0 Å². The van der Waals surface area contributed by atoms with Crippen LogP contribution in [-0.2, 0) is 0 Å². The summed E-state index contributed by atoms with van der Waals surface area (Å²) in [6.45, 7) is 0. The number of rotatable bonds is 3. The van der Waals surface area contributed by atoms with Crippen molar-refractivity contribution in [3.05, 3.63) is 34.1 Å². The molecule has 0 amide bonds. The van der Waals surface area contributed by atoms with Crippen molar-refractivity contribution in [3.63, 3.8) is 0 Å². The number of hydrogen-bond donors (Lipinski definition) is 1. The summed E-state index contributed by atoms with van der Waals surface area (Å²) in [5.74, 6) is 0.551. The standard InChI is InChI=1S/C11H13BrFN.ClH/c12-10-4-3-8(13)6-9(10)11(14)5-7-1-2-7;/h3-4,6-7,11H,1-2,5,14H2;1H/t11-;/m1./s1. The number of benzene rings is 1. The molecular weight excluding hydrogens is 280 g/mol. The summed E-state index contributed by atoms with van der Waals surface area (Å²) in [6, 6.07) is 4.65. The van der Waals surface area contributed by atoms with Gasteiger partial charge in [0.15, 0.2) is 0 Å². The van der Waals surface area contributed by atoms with Crippen molar-refractivity contribution >= 4 is 28.3 Å². The van der Waals surface area contributed by atoms with E-state index in [-0.39, 0.29) is 24.3 Å². The number of nitrogens with two attached hydrogens (primary N) is 1. The molecule has 2 rings (SSSR count). The maximum absolute atomic E-state index is 13.0. The normalized spacial score (nSPS) is 17.0. The summed E-state index contributed by atoms with van der Waals surface area (Å²) in [4.78, 5) is 0. The Morgan fingerprint density at radius 2 is 2.13 bits per heavy atom. The Bertz CT molecular complexity index is 341. The fraction of sp³-hybridized carbons (Fsp3) is 0.455. The molecule has 4 heteroatoms. The van der Waals surface area contributed by atoms with E-state index in [1.807, 2.05) is 0 Å². The molecule has 1 aliphatic rings. The van der Waals surface area contributed by atoms with Gasteiger partial charge in [-0.3, -0.25) is 0 Å². The Morgan fingerprint density at radius 3 is 2.73 bits per heavy atom. The zero-order chi connectivity index (χ0) is 10.1. The van der Waals surface area contributed by atoms with E-state index >= 15 is 0 Å². The molecule has 1 saturated carbocycles. The molecule has 0 aliphatic heterocycles. The van der Waals surface area contributed by atoms with Crippen molar-refractivity contribution in [2.24, 2.45) is 11.7 Å². The molecule has 84 valence electrons. The van der Waals surface area contributed by atoms with Crippen LogP contribution >= 0.6 is 28.3 Å². The Balaban J connectivity index is 0.00000112. The quantitative estimate of drug-likeness (QED) is 0.901. The minimum absolute atomic E-state index is 0. The predicted octanol–water partition coefficient (Wildman–Crippen LogP) is 3.81. The zero-order valence-corrected chi connectivity index (χ0v) is 10.7. The van der Waals surface area contributed by atoms with Crippen molar-refractivity contribution in [1.82, 2.24) is 0 Å². The lowest BCUT2D eigenvalue weighted by molar-refractivity contribution is 0.581. The van der Waals surface area contributed by atoms with Crippen LogP contribution in [0.25, 0.3) is 0 Å². The molecule has 0 saturated heterocycles. The van der Waals surface area contributed by atoms with Crippen LogP contribution in [0.2, 0.25) is 0 Å². The highest BCUT2D eigenvalue weighted by atomic mass is 79.9. The van der Waals surface area contributed by atoms with Crippen molar-refractivity contribution in [3.8, 4) is 0 Å². The van der Waals surface area contributed by atoms with Crippen LogP contribution in [0.4, 0.5) is 4.39 Å². The van der Waals surface area contributed by atoms with Crippen LogP contribution in [0.1, 0.15) is 30.9 Å². The monoisotopic (exact) mass is 293 g/mol. The molecule has 2 N–H and O–H groups in total. The van der Waals surface area contributed by atoms with E-state index < -0.39 is 0 Å². The van der Waals surface area contributed by atoms with Crippen LogP contribution < -0.4 is 5.73 Å². The largest absolute Gasteiger partial charge is 0.324 e. The highest BCUT2D eigenvalue weighted by Gasteiger charge is 2.25. The third kappa shape index (κ3) is 3.44. The second-order valence-corrected chi connectivity index (χ2v) is 4.81. The first-order valence-corrected chi connectivity index (χ1v) is 5.66. The van der Waals surface area contributed by atoms with E-state index in [2.05, 4.69) is 15.9 Å². The van der Waals surface area contributed by atoms with Crippen LogP contribution in [0.3, 0.4) is 0 Å². The third-order valence-electron chi connectivity index (χ3n) is 2.64. The van der Waals surface area contributed by atoms with Gasteiger partial charge in [0, 0.05) is 10.5 Å². The van der Waals surface area contributed by atoms with Gasteiger partial charge in [-0.25, -0.2) is 4.39 Å². The number of hydrogen-bond acceptors (Lipinski definition) is 1. The first-order chi connectivity index (χ1) is 6.66. The fourth-order valence-corrected chi connectivity index (χ4v) is 2.18. The molecule has 0 bridgehead atoms. The van der Waals surface area contributed by atoms with E-state index in [1.165, 1.54) is 25.0 Å². The van der Waals surface area contributed by atoms with Crippen molar-refractivity contribution in [1.29, 1.82) is 0 Å². The Labute approximate surface area is 104 Å². The minimum Gasteiger partial charge on any atom is -0.324 e. The number of halogens is 3. The average Bonchev–Trinajstić information content (AvgIpc) is 2.93. The topological polar surface area (TPSA) is 26.0 Å². The second-order valence-electron chi connectivity index (χ2n) is 3.95. The lowest BCUT2D eigenvalue weighted by Crippen LogP contribution is -2.11. The second kappa shape index (κ2) is 5.28. The summed E-state index contributed by atoms with van der Waals surface area (Å²) in [5.41, 5.74) is 6.90. The maximum atomic E-state index is 13.0. The van der Waals surface area contributed by atoms with E-state index in [9.17, 15) is 4.39 Å². The van der Waals surface area contributed by atoms with E-state index in [1.54, 1.807) is 6.07 Å². The summed E-state index contributed by atoms with van der Waals surface area (Å²) >= 11 is 3.39. The highest BCUT2D eigenvalue weighted by Crippen LogP contribution is 2.38. The molecule has 1 atom stereocenters. The van der Waals surface area contributed by atoms with Gasteiger partial charge in [-0.1, -0.05) is 28.8 Å². The van der Waals surface area contributed by atoms with Gasteiger partial charge < -0.3 is 5.73 Å². The molecular formula is C11H14BrClFN. The van der Waals surface area contributed by atoms with Crippen LogP contribution in [-0.4, -0.2) is 0 Å². The summed E-state index contributed by atoms with van der Waals surface area (Å²) in [7, 11) is 0. The predicted molar refractivity (Wildman–Crippen MR) is 65.6 cm³/mol. The van der Waals surface area contributed by atoms with Gasteiger partial charge in [-0.2, -0.15) is 0 Å². The highest BCUT2D eigenvalue weighted by molar-refractivity contribution is 9.10. The van der Waals surface area contributed by atoms with Gasteiger partial charge in [0.05, 0.1) is 0 Å². The average molecular weight is 295 g/mol. The summed E-state index contributed by atoms with van der Waals surface area (Å²) in [6.07, 6.45) is 3.53. The Kier molecular flexibility index (Phi) is 4.56. The van der Waals surface area contributed by atoms with Gasteiger partial charge in [-0.15, -0.1) is 12.4 Å². The SMILES string of the molecule is Cl.N[C@H](CC1CC1)c1cc(F)ccc1Br. The minimum atomic E-state index is -0.213. The molecule has 15 heavy (non-hydrogen) atoms. The first kappa shape index (κ1) is 12.9. The van der Waals surface area contributed by atoms with E-state index in [0.717, 1.165) is 22.4 Å². The molecule has 0 heterocycles. The lowest BCUT2D eigenvalue weighted by atomic mass is 10.0. The Hall–Kier alpha value is -0.120. The summed E-state index contributed by atoms with van der Waals surface area (Å²) in [5, 5.41) is 0. The van der Waals surface area contributed by atoms with Crippen molar-refractivity contribution in [2.45, 2.75) is 25.3 Å². The maximum Gasteiger partial charge on any atom is 0.123 e. The van der Waals surface area contributed by atoms with Crippen LogP contribution in [0.5, 0.6) is 0 Å². The summed E-state index contributed by atoms with van der Waals surface area (Å²) < 4.78 is 13.9. The van der Waals surface area contributed by atoms with Gasteiger partial charge in [0.2, 0.25) is 0 Å². The fourth-order valence-electron chi connectivity index (χ4n) is 1.64. The van der Waals surface area contributed by atoms with Gasteiger partial charge in [0.1, 0.15) is 5.82 Å². The molecule has 1 aliphatic carbocycles. The van der Waals surface area contributed by atoms with Crippen molar-refractivity contribution < 1.29 is 4.39 Å². The molecule has 1 aromatic carbocycles. The molecule has 1 fully saturated rings. The van der Waals surface area contributed by atoms with E-state index in [0.29, 0.717) is 0 Å². The molecule has 1 aromatic rings. The molecule has 0 unspecified atom stereocenters. The van der Waals surface area contributed by atoms with Gasteiger partial charge in [-0.05, 0) is 36.1 Å². The first-order valence-electron chi connectivity index (χ1n) is 4.87. The van der Waals surface area contributed by atoms with Crippen LogP contribution in [0.15, 0.2) is 22.7 Å². The van der Waals surface area contributed by atoms with Gasteiger partial charge >= 0.3 is 0 Å². The Morgan fingerprint density at radius 1 is 1.47 bits per heavy atom. The van der Waals surface area contributed by atoms with Crippen molar-refractivity contribution in [2.75, 3.05) is 0 Å². The molecule has 0 radical (unpaired) electrons. The smallest absolute Gasteiger partial charge is 0.123 e. The lowest BCUT2D eigenvalue weighted by Gasteiger charge is -2.13. The molecule has 0 spiro atoms. The molecule has 1 nitrogen and oxygen atoms in total. The molecule has 0 aromatic heterocycles. The van der Waals surface area contributed by atoms with E-state index in [4.69, 9.17) is 5.73 Å². The third-order valence-corrected chi connectivity index (χ3v) is 3.36.